The normalized spacial score (nSPS) is 17.5. The second-order valence-corrected chi connectivity index (χ2v) is 10.2. The number of aromatic nitrogens is 1. The van der Waals surface area contributed by atoms with Crippen molar-refractivity contribution in [3.8, 4) is 5.75 Å². The highest BCUT2D eigenvalue weighted by atomic mass is 19.1. The molecule has 5 rings (SSSR count). The number of anilines is 2. The predicted molar refractivity (Wildman–Crippen MR) is 145 cm³/mol. The summed E-state index contributed by atoms with van der Waals surface area (Å²) in [5, 5.41) is 0. The van der Waals surface area contributed by atoms with Crippen LogP contribution < -0.4 is 14.5 Å². The Bertz CT molecular complexity index is 1180. The van der Waals surface area contributed by atoms with Crippen LogP contribution in [0, 0.1) is 5.82 Å². The third-order valence-corrected chi connectivity index (χ3v) is 7.87. The quantitative estimate of drug-likeness (QED) is 0.454. The van der Waals surface area contributed by atoms with Crippen LogP contribution in [0.4, 0.5) is 15.9 Å². The fourth-order valence-electron chi connectivity index (χ4n) is 5.59. The highest BCUT2D eigenvalue weighted by molar-refractivity contribution is 6.01. The molecule has 1 aliphatic carbocycles. The molecular formula is C30H35FN4O2. The maximum absolute atomic E-state index is 14.4. The number of methoxy groups -OCH3 is 1. The van der Waals surface area contributed by atoms with Crippen molar-refractivity contribution in [2.24, 2.45) is 0 Å². The number of carbonyl (C=O) groups is 1. The number of pyridine rings is 1. The SMILES string of the molecule is COc1ccc(C2(C(=O)N(Cc3ccc(N4CCN(C)CC4)nc3)c3ccc(F)cc3)CCCC2)cc1. The summed E-state index contributed by atoms with van der Waals surface area (Å²) in [6.07, 6.45) is 5.44. The number of ether oxygens (including phenoxy) is 1. The van der Waals surface area contributed by atoms with E-state index in [2.05, 4.69) is 22.9 Å². The van der Waals surface area contributed by atoms with E-state index < -0.39 is 5.41 Å². The molecule has 1 saturated heterocycles. The van der Waals surface area contributed by atoms with Crippen molar-refractivity contribution < 1.29 is 13.9 Å². The van der Waals surface area contributed by atoms with Gasteiger partial charge in [-0.25, -0.2) is 9.37 Å². The number of piperazine rings is 1. The summed E-state index contributed by atoms with van der Waals surface area (Å²) in [4.78, 5) is 25.6. The van der Waals surface area contributed by atoms with Crippen molar-refractivity contribution in [1.29, 1.82) is 0 Å². The molecule has 1 saturated carbocycles. The van der Waals surface area contributed by atoms with Gasteiger partial charge in [-0.2, -0.15) is 0 Å². The third kappa shape index (κ3) is 5.32. The molecule has 2 aromatic carbocycles. The number of hydrogen-bond acceptors (Lipinski definition) is 5. The number of benzene rings is 2. The van der Waals surface area contributed by atoms with Crippen molar-refractivity contribution >= 4 is 17.4 Å². The van der Waals surface area contributed by atoms with Gasteiger partial charge in [-0.1, -0.05) is 31.0 Å². The predicted octanol–water partition coefficient (Wildman–Crippen LogP) is 5.03. The molecule has 194 valence electrons. The highest BCUT2D eigenvalue weighted by Crippen LogP contribution is 2.44. The lowest BCUT2D eigenvalue weighted by Gasteiger charge is -2.35. The van der Waals surface area contributed by atoms with Gasteiger partial charge in [0.15, 0.2) is 0 Å². The van der Waals surface area contributed by atoms with Gasteiger partial charge >= 0.3 is 0 Å². The lowest BCUT2D eigenvalue weighted by atomic mass is 9.77. The molecule has 2 fully saturated rings. The van der Waals surface area contributed by atoms with Gasteiger partial charge in [0.25, 0.3) is 0 Å². The minimum atomic E-state index is -0.617. The summed E-state index contributed by atoms with van der Waals surface area (Å²) in [5.41, 5.74) is 2.02. The zero-order valence-corrected chi connectivity index (χ0v) is 21.7. The van der Waals surface area contributed by atoms with E-state index in [4.69, 9.17) is 9.72 Å². The summed E-state index contributed by atoms with van der Waals surface area (Å²) >= 11 is 0. The minimum Gasteiger partial charge on any atom is -0.497 e. The van der Waals surface area contributed by atoms with Crippen LogP contribution in [0.1, 0.15) is 36.8 Å². The molecule has 7 heteroatoms. The van der Waals surface area contributed by atoms with E-state index in [0.717, 1.165) is 74.6 Å². The molecule has 0 spiro atoms. The number of hydrogen-bond donors (Lipinski definition) is 0. The van der Waals surface area contributed by atoms with Crippen molar-refractivity contribution in [3.05, 3.63) is 83.8 Å². The lowest BCUT2D eigenvalue weighted by molar-refractivity contribution is -0.124. The number of nitrogens with zero attached hydrogens (tertiary/aromatic N) is 4. The molecule has 0 atom stereocenters. The molecule has 0 unspecified atom stereocenters. The first-order valence-corrected chi connectivity index (χ1v) is 13.1. The van der Waals surface area contributed by atoms with E-state index in [1.54, 1.807) is 19.2 Å². The van der Waals surface area contributed by atoms with Gasteiger partial charge in [-0.05, 0) is 73.5 Å². The Hall–Kier alpha value is -3.45. The monoisotopic (exact) mass is 502 g/mol. The lowest BCUT2D eigenvalue weighted by Crippen LogP contribution is -2.45. The molecule has 1 aromatic heterocycles. The van der Waals surface area contributed by atoms with Crippen molar-refractivity contribution in [2.75, 3.05) is 50.1 Å². The summed E-state index contributed by atoms with van der Waals surface area (Å²) < 4.78 is 19.2. The largest absolute Gasteiger partial charge is 0.497 e. The Kier molecular flexibility index (Phi) is 7.42. The average Bonchev–Trinajstić information content (AvgIpc) is 3.44. The Morgan fingerprint density at radius 2 is 1.65 bits per heavy atom. The summed E-state index contributed by atoms with van der Waals surface area (Å²) in [7, 11) is 3.78. The van der Waals surface area contributed by atoms with E-state index in [0.29, 0.717) is 12.2 Å². The van der Waals surface area contributed by atoms with Gasteiger partial charge in [0.2, 0.25) is 5.91 Å². The molecule has 1 amide bonds. The maximum atomic E-state index is 14.4. The summed E-state index contributed by atoms with van der Waals surface area (Å²) in [5.74, 6) is 1.46. The minimum absolute atomic E-state index is 0.0462. The number of likely N-dealkylation sites (N-methyl/N-ethyl adjacent to an activating group) is 1. The van der Waals surface area contributed by atoms with Gasteiger partial charge in [-0.15, -0.1) is 0 Å². The second-order valence-electron chi connectivity index (χ2n) is 10.2. The first-order valence-electron chi connectivity index (χ1n) is 13.1. The molecule has 3 aromatic rings. The van der Waals surface area contributed by atoms with Crippen LogP contribution in [0.2, 0.25) is 0 Å². The van der Waals surface area contributed by atoms with Crippen LogP contribution in [0.25, 0.3) is 0 Å². The smallest absolute Gasteiger partial charge is 0.237 e. The van der Waals surface area contributed by atoms with E-state index in [1.165, 1.54) is 12.1 Å². The van der Waals surface area contributed by atoms with Crippen molar-refractivity contribution in [1.82, 2.24) is 9.88 Å². The molecule has 2 heterocycles. The summed E-state index contributed by atoms with van der Waals surface area (Å²) in [6, 6.07) is 18.2. The molecule has 0 bridgehead atoms. The van der Waals surface area contributed by atoms with E-state index in [9.17, 15) is 9.18 Å². The van der Waals surface area contributed by atoms with Crippen LogP contribution in [0.5, 0.6) is 5.75 Å². The molecule has 37 heavy (non-hydrogen) atoms. The zero-order valence-electron chi connectivity index (χ0n) is 21.7. The molecular weight excluding hydrogens is 467 g/mol. The standard InChI is InChI=1S/C30H35FN4O2/c1-33-17-19-34(20-18-33)28-14-5-23(21-32-28)22-35(26-10-8-25(31)9-11-26)29(36)30(15-3-4-16-30)24-6-12-27(37-2)13-7-24/h5-14,21H,3-4,15-20,22H2,1-2H3. The van der Waals surface area contributed by atoms with Crippen LogP contribution in [0.15, 0.2) is 66.9 Å². The first kappa shape index (κ1) is 25.2. The maximum Gasteiger partial charge on any atom is 0.237 e. The molecule has 1 aliphatic heterocycles. The molecule has 0 radical (unpaired) electrons. The topological polar surface area (TPSA) is 48.9 Å². The molecule has 2 aliphatic rings. The number of amides is 1. The van der Waals surface area contributed by atoms with E-state index in [1.807, 2.05) is 41.4 Å². The Balaban J connectivity index is 1.44. The Morgan fingerprint density at radius 3 is 2.24 bits per heavy atom. The van der Waals surface area contributed by atoms with E-state index >= 15 is 0 Å². The fraction of sp³-hybridized carbons (Fsp3) is 0.400. The van der Waals surface area contributed by atoms with Gasteiger partial charge in [-0.3, -0.25) is 4.79 Å². The third-order valence-electron chi connectivity index (χ3n) is 7.87. The van der Waals surface area contributed by atoms with Gasteiger partial charge < -0.3 is 19.4 Å². The average molecular weight is 503 g/mol. The van der Waals surface area contributed by atoms with Crippen LogP contribution >= 0.6 is 0 Å². The molecule has 6 nitrogen and oxygen atoms in total. The van der Waals surface area contributed by atoms with Crippen molar-refractivity contribution in [2.45, 2.75) is 37.6 Å². The van der Waals surface area contributed by atoms with Gasteiger partial charge in [0.05, 0.1) is 19.1 Å². The highest BCUT2D eigenvalue weighted by Gasteiger charge is 2.45. The van der Waals surface area contributed by atoms with E-state index in [-0.39, 0.29) is 11.7 Å². The second kappa shape index (κ2) is 10.9. The van der Waals surface area contributed by atoms with Crippen LogP contribution in [-0.4, -0.2) is 56.1 Å². The molecule has 0 N–H and O–H groups in total. The Morgan fingerprint density at radius 1 is 0.973 bits per heavy atom. The fourth-order valence-corrected chi connectivity index (χ4v) is 5.59. The zero-order chi connectivity index (χ0) is 25.8. The number of halogens is 1. The van der Waals surface area contributed by atoms with Gasteiger partial charge in [0.1, 0.15) is 17.4 Å². The first-order chi connectivity index (χ1) is 18.0. The van der Waals surface area contributed by atoms with Crippen molar-refractivity contribution in [3.63, 3.8) is 0 Å². The number of carbonyl (C=O) groups excluding carboxylic acids is 1. The van der Waals surface area contributed by atoms with Crippen LogP contribution in [0.3, 0.4) is 0 Å². The number of rotatable bonds is 7. The van der Waals surface area contributed by atoms with Crippen LogP contribution in [-0.2, 0) is 16.8 Å². The Labute approximate surface area is 218 Å². The van der Waals surface area contributed by atoms with Gasteiger partial charge in [0, 0.05) is 38.1 Å². The summed E-state index contributed by atoms with van der Waals surface area (Å²) in [6.45, 7) is 4.31.